The zero-order valence-corrected chi connectivity index (χ0v) is 16.3. The van der Waals surface area contributed by atoms with Crippen LogP contribution in [0.1, 0.15) is 36.8 Å². The van der Waals surface area contributed by atoms with Crippen molar-refractivity contribution in [1.82, 2.24) is 14.6 Å². The van der Waals surface area contributed by atoms with Gasteiger partial charge in [0, 0.05) is 43.9 Å². The maximum absolute atomic E-state index is 6.44. The van der Waals surface area contributed by atoms with Gasteiger partial charge in [0.15, 0.2) is 0 Å². The maximum atomic E-state index is 6.44. The van der Waals surface area contributed by atoms with Gasteiger partial charge in [-0.1, -0.05) is 11.2 Å². The van der Waals surface area contributed by atoms with Crippen LogP contribution in [0.15, 0.2) is 41.1 Å². The second-order valence-corrected chi connectivity index (χ2v) is 7.95. The van der Waals surface area contributed by atoms with E-state index < -0.39 is 0 Å². The summed E-state index contributed by atoms with van der Waals surface area (Å²) in [5, 5.41) is 5.31. The molecule has 1 unspecified atom stereocenters. The van der Waals surface area contributed by atoms with Crippen LogP contribution >= 0.6 is 0 Å². The van der Waals surface area contributed by atoms with E-state index in [0.29, 0.717) is 6.04 Å². The Morgan fingerprint density at radius 3 is 2.82 bits per heavy atom. The summed E-state index contributed by atoms with van der Waals surface area (Å²) >= 11 is 0. The molecule has 1 atom stereocenters. The molecule has 0 bridgehead atoms. The number of nitrogens with zero attached hydrogens (tertiary/aromatic N) is 3. The number of piperidine rings is 1. The van der Waals surface area contributed by atoms with E-state index in [0.717, 1.165) is 69.3 Å². The lowest BCUT2D eigenvalue weighted by atomic mass is 10.1. The van der Waals surface area contributed by atoms with E-state index in [4.69, 9.17) is 14.0 Å². The Labute approximate surface area is 165 Å². The van der Waals surface area contributed by atoms with Crippen molar-refractivity contribution in [1.29, 1.82) is 0 Å². The molecule has 4 heterocycles. The lowest BCUT2D eigenvalue weighted by molar-refractivity contribution is 0.0966. The van der Waals surface area contributed by atoms with E-state index in [1.807, 2.05) is 13.0 Å². The molecule has 0 radical (unpaired) electrons. The molecule has 1 aromatic carbocycles. The Hall–Kier alpha value is -2.31. The van der Waals surface area contributed by atoms with Gasteiger partial charge in [-0.3, -0.25) is 4.90 Å². The lowest BCUT2D eigenvalue weighted by Crippen LogP contribution is -2.37. The van der Waals surface area contributed by atoms with Gasteiger partial charge in [0.25, 0.3) is 0 Å². The molecule has 28 heavy (non-hydrogen) atoms. The van der Waals surface area contributed by atoms with Gasteiger partial charge in [-0.05, 0) is 44.4 Å². The molecule has 2 aromatic heterocycles. The molecule has 0 N–H and O–H groups in total. The van der Waals surface area contributed by atoms with Crippen LogP contribution in [0, 0.1) is 6.92 Å². The molecule has 2 aliphatic heterocycles. The van der Waals surface area contributed by atoms with Crippen LogP contribution in [-0.2, 0) is 11.3 Å². The summed E-state index contributed by atoms with van der Waals surface area (Å²) in [6.07, 6.45) is 5.59. The highest BCUT2D eigenvalue weighted by molar-refractivity contribution is 5.86. The fourth-order valence-electron chi connectivity index (χ4n) is 4.41. The molecule has 5 rings (SSSR count). The minimum atomic E-state index is 0.263. The van der Waals surface area contributed by atoms with Gasteiger partial charge in [0.05, 0.1) is 23.9 Å². The first kappa shape index (κ1) is 17.8. The Bertz CT molecular complexity index is 934. The van der Waals surface area contributed by atoms with Gasteiger partial charge in [0.2, 0.25) is 0 Å². The molecule has 0 saturated carbocycles. The van der Waals surface area contributed by atoms with Crippen molar-refractivity contribution in [2.75, 3.05) is 26.3 Å². The van der Waals surface area contributed by atoms with Gasteiger partial charge in [-0.15, -0.1) is 0 Å². The van der Waals surface area contributed by atoms with E-state index in [-0.39, 0.29) is 6.10 Å². The molecule has 6 nitrogen and oxygen atoms in total. The third kappa shape index (κ3) is 3.54. The van der Waals surface area contributed by atoms with Gasteiger partial charge < -0.3 is 18.6 Å². The van der Waals surface area contributed by atoms with E-state index in [9.17, 15) is 0 Å². The second kappa shape index (κ2) is 7.60. The number of fused-ring (bicyclic) bond motifs is 1. The van der Waals surface area contributed by atoms with Crippen molar-refractivity contribution < 1.29 is 14.0 Å². The first-order valence-electron chi connectivity index (χ1n) is 10.2. The molecule has 0 aliphatic carbocycles. The SMILES string of the molecule is Cc1cc(CN2CCC(Oc3cccc4c3ccn4C3CCOC3)CC2)no1. The van der Waals surface area contributed by atoms with Crippen molar-refractivity contribution in [2.45, 2.75) is 44.9 Å². The molecular formula is C22H27N3O3. The van der Waals surface area contributed by atoms with Crippen LogP contribution < -0.4 is 4.74 Å². The summed E-state index contributed by atoms with van der Waals surface area (Å²) in [7, 11) is 0. The van der Waals surface area contributed by atoms with Crippen molar-refractivity contribution in [3.63, 3.8) is 0 Å². The third-order valence-electron chi connectivity index (χ3n) is 5.91. The van der Waals surface area contributed by atoms with Crippen molar-refractivity contribution in [3.8, 4) is 5.75 Å². The summed E-state index contributed by atoms with van der Waals surface area (Å²) in [5.74, 6) is 1.87. The maximum Gasteiger partial charge on any atom is 0.133 e. The fourth-order valence-corrected chi connectivity index (χ4v) is 4.41. The highest BCUT2D eigenvalue weighted by Gasteiger charge is 2.23. The highest BCUT2D eigenvalue weighted by Crippen LogP contribution is 2.32. The van der Waals surface area contributed by atoms with Crippen LogP contribution in [0.25, 0.3) is 10.9 Å². The topological polar surface area (TPSA) is 52.7 Å². The largest absolute Gasteiger partial charge is 0.490 e. The van der Waals surface area contributed by atoms with Crippen molar-refractivity contribution >= 4 is 10.9 Å². The van der Waals surface area contributed by atoms with Crippen LogP contribution in [0.2, 0.25) is 0 Å². The quantitative estimate of drug-likeness (QED) is 0.670. The van der Waals surface area contributed by atoms with Gasteiger partial charge in [0.1, 0.15) is 17.6 Å². The molecular weight excluding hydrogens is 354 g/mol. The standard InChI is InChI=1S/C22H27N3O3/c1-16-13-17(23-28-16)14-24-9-5-19(6-10-24)27-22-4-2-3-21-20(22)7-11-25(21)18-8-12-26-15-18/h2-4,7,11,13,18-19H,5-6,8-10,12,14-15H2,1H3. The smallest absolute Gasteiger partial charge is 0.133 e. The number of hydrogen-bond donors (Lipinski definition) is 0. The Kier molecular flexibility index (Phi) is 4.82. The molecule has 2 fully saturated rings. The summed E-state index contributed by atoms with van der Waals surface area (Å²) in [6, 6.07) is 11.0. The number of likely N-dealkylation sites (tertiary alicyclic amines) is 1. The predicted octanol–water partition coefficient (Wildman–Crippen LogP) is 3.94. The normalized spacial score (nSPS) is 21.5. The van der Waals surface area contributed by atoms with Crippen molar-refractivity contribution in [2.24, 2.45) is 0 Å². The minimum absolute atomic E-state index is 0.263. The molecule has 0 amide bonds. The monoisotopic (exact) mass is 381 g/mol. The third-order valence-corrected chi connectivity index (χ3v) is 5.91. The number of aryl methyl sites for hydroxylation is 1. The number of hydrogen-bond acceptors (Lipinski definition) is 5. The predicted molar refractivity (Wildman–Crippen MR) is 107 cm³/mol. The Morgan fingerprint density at radius 2 is 2.07 bits per heavy atom. The summed E-state index contributed by atoms with van der Waals surface area (Å²) in [5.41, 5.74) is 2.26. The Morgan fingerprint density at radius 1 is 1.18 bits per heavy atom. The highest BCUT2D eigenvalue weighted by atomic mass is 16.5. The summed E-state index contributed by atoms with van der Waals surface area (Å²) < 4.78 is 19.5. The van der Waals surface area contributed by atoms with Gasteiger partial charge in [-0.2, -0.15) is 0 Å². The van der Waals surface area contributed by atoms with Gasteiger partial charge in [-0.25, -0.2) is 0 Å². The summed E-state index contributed by atoms with van der Waals surface area (Å²) in [6.45, 7) is 6.49. The number of rotatable bonds is 5. The first-order chi connectivity index (χ1) is 13.8. The van der Waals surface area contributed by atoms with E-state index in [2.05, 4.69) is 45.1 Å². The van der Waals surface area contributed by atoms with Crippen molar-refractivity contribution in [3.05, 3.63) is 48.0 Å². The minimum Gasteiger partial charge on any atom is -0.490 e. The summed E-state index contributed by atoms with van der Waals surface area (Å²) in [4.78, 5) is 2.42. The molecule has 6 heteroatoms. The van der Waals surface area contributed by atoms with Gasteiger partial charge >= 0.3 is 0 Å². The van der Waals surface area contributed by atoms with Crippen LogP contribution in [0.5, 0.6) is 5.75 Å². The first-order valence-corrected chi connectivity index (χ1v) is 10.2. The number of ether oxygens (including phenoxy) is 2. The van der Waals surface area contributed by atoms with E-state index >= 15 is 0 Å². The van der Waals surface area contributed by atoms with E-state index in [1.165, 1.54) is 10.9 Å². The molecule has 2 saturated heterocycles. The van der Waals surface area contributed by atoms with Crippen LogP contribution in [-0.4, -0.2) is 47.0 Å². The average molecular weight is 381 g/mol. The zero-order chi connectivity index (χ0) is 18.9. The Balaban J connectivity index is 1.24. The molecule has 148 valence electrons. The fraction of sp³-hybridized carbons (Fsp3) is 0.500. The lowest BCUT2D eigenvalue weighted by Gasteiger charge is -2.31. The van der Waals surface area contributed by atoms with Crippen LogP contribution in [0.3, 0.4) is 0 Å². The van der Waals surface area contributed by atoms with Crippen LogP contribution in [0.4, 0.5) is 0 Å². The second-order valence-electron chi connectivity index (χ2n) is 7.95. The number of benzene rings is 1. The molecule has 2 aliphatic rings. The average Bonchev–Trinajstić information content (AvgIpc) is 3.44. The molecule has 3 aromatic rings. The molecule has 0 spiro atoms. The van der Waals surface area contributed by atoms with E-state index in [1.54, 1.807) is 0 Å². The number of aromatic nitrogens is 2. The zero-order valence-electron chi connectivity index (χ0n) is 16.3.